The Bertz CT molecular complexity index is 1220. The van der Waals surface area contributed by atoms with Crippen LogP contribution in [0.15, 0.2) is 78.9 Å². The molecule has 0 saturated heterocycles. The first-order chi connectivity index (χ1) is 12.3. The van der Waals surface area contributed by atoms with E-state index in [2.05, 4.69) is 91.1 Å². The lowest BCUT2D eigenvalue weighted by molar-refractivity contribution is 1.46. The summed E-state index contributed by atoms with van der Waals surface area (Å²) in [6.45, 7) is 2.11. The zero-order valence-corrected chi connectivity index (χ0v) is 14.7. The number of benzene rings is 4. The third kappa shape index (κ3) is 2.38. The van der Waals surface area contributed by atoms with Crippen molar-refractivity contribution in [3.05, 3.63) is 84.4 Å². The molecule has 0 fully saturated rings. The number of hydrogen-bond acceptors (Lipinski definition) is 2. The zero-order valence-electron chi connectivity index (χ0n) is 13.9. The van der Waals surface area contributed by atoms with Crippen molar-refractivity contribution in [2.24, 2.45) is 0 Å². The van der Waals surface area contributed by atoms with Crippen LogP contribution in [0.2, 0.25) is 0 Å². The number of thiophene rings is 1. The monoisotopic (exact) mass is 339 g/mol. The van der Waals surface area contributed by atoms with E-state index in [1.165, 1.54) is 36.5 Å². The molecule has 1 nitrogen and oxygen atoms in total. The Hall–Kier alpha value is -2.84. The molecule has 5 rings (SSSR count). The summed E-state index contributed by atoms with van der Waals surface area (Å²) in [4.78, 5) is 0. The van der Waals surface area contributed by atoms with Crippen LogP contribution < -0.4 is 5.32 Å². The van der Waals surface area contributed by atoms with E-state index in [9.17, 15) is 0 Å². The highest BCUT2D eigenvalue weighted by atomic mass is 32.1. The fraction of sp³-hybridized carbons (Fsp3) is 0.0435. The Morgan fingerprint density at radius 3 is 2.16 bits per heavy atom. The maximum Gasteiger partial charge on any atom is 0.0471 e. The molecule has 5 aromatic rings. The molecule has 0 radical (unpaired) electrons. The van der Waals surface area contributed by atoms with Gasteiger partial charge in [0.1, 0.15) is 0 Å². The maximum atomic E-state index is 3.63. The lowest BCUT2D eigenvalue weighted by Gasteiger charge is -2.11. The van der Waals surface area contributed by atoms with Crippen molar-refractivity contribution in [3.63, 3.8) is 0 Å². The summed E-state index contributed by atoms with van der Waals surface area (Å²) < 4.78 is 2.71. The number of hydrogen-bond donors (Lipinski definition) is 1. The Morgan fingerprint density at radius 2 is 1.36 bits per heavy atom. The highest BCUT2D eigenvalue weighted by molar-refractivity contribution is 7.26. The van der Waals surface area contributed by atoms with Crippen molar-refractivity contribution >= 4 is 53.7 Å². The summed E-state index contributed by atoms with van der Waals surface area (Å²) >= 11 is 1.88. The van der Waals surface area contributed by atoms with Crippen LogP contribution in [0.1, 0.15) is 5.56 Å². The molecule has 0 unspecified atom stereocenters. The molecule has 1 heterocycles. The van der Waals surface area contributed by atoms with Crippen LogP contribution in [-0.2, 0) is 0 Å². The van der Waals surface area contributed by atoms with Crippen LogP contribution in [0, 0.1) is 6.92 Å². The zero-order chi connectivity index (χ0) is 16.8. The minimum Gasteiger partial charge on any atom is -0.355 e. The van der Waals surface area contributed by atoms with Gasteiger partial charge in [-0.3, -0.25) is 0 Å². The second kappa shape index (κ2) is 5.61. The van der Waals surface area contributed by atoms with Crippen molar-refractivity contribution in [2.45, 2.75) is 6.92 Å². The molecule has 0 bridgehead atoms. The van der Waals surface area contributed by atoms with E-state index in [4.69, 9.17) is 0 Å². The molecule has 0 spiro atoms. The van der Waals surface area contributed by atoms with E-state index in [1.54, 1.807) is 0 Å². The summed E-state index contributed by atoms with van der Waals surface area (Å²) in [5, 5.41) is 8.87. The lowest BCUT2D eigenvalue weighted by atomic mass is 10.0. The first-order valence-electron chi connectivity index (χ1n) is 8.46. The fourth-order valence-electron chi connectivity index (χ4n) is 3.44. The lowest BCUT2D eigenvalue weighted by Crippen LogP contribution is -1.91. The standard InChI is InChI=1S/C23H17NS/c1-15-10-12-16(13-11-15)24-21-14-20-18-7-4-5-9-22(18)25-23(20)19-8-3-2-6-17(19)21/h2-14,24H,1H3. The summed E-state index contributed by atoms with van der Waals surface area (Å²) in [5.74, 6) is 0. The molecular weight excluding hydrogens is 322 g/mol. The predicted octanol–water partition coefficient (Wildman–Crippen LogP) is 7.26. The van der Waals surface area contributed by atoms with Crippen LogP contribution in [0.5, 0.6) is 0 Å². The molecule has 1 aromatic heterocycles. The van der Waals surface area contributed by atoms with Gasteiger partial charge in [0.05, 0.1) is 0 Å². The van der Waals surface area contributed by atoms with Crippen LogP contribution in [0.4, 0.5) is 11.4 Å². The van der Waals surface area contributed by atoms with Gasteiger partial charge < -0.3 is 5.32 Å². The molecular formula is C23H17NS. The van der Waals surface area contributed by atoms with Crippen molar-refractivity contribution in [3.8, 4) is 0 Å². The normalized spacial score (nSPS) is 11.4. The third-order valence-corrected chi connectivity index (χ3v) is 5.93. The topological polar surface area (TPSA) is 12.0 Å². The minimum absolute atomic E-state index is 1.12. The van der Waals surface area contributed by atoms with E-state index in [1.807, 2.05) is 11.3 Å². The van der Waals surface area contributed by atoms with Gasteiger partial charge in [0.25, 0.3) is 0 Å². The highest BCUT2D eigenvalue weighted by Crippen LogP contribution is 2.41. The fourth-order valence-corrected chi connectivity index (χ4v) is 4.66. The van der Waals surface area contributed by atoms with E-state index < -0.39 is 0 Å². The number of anilines is 2. The predicted molar refractivity (Wildman–Crippen MR) is 111 cm³/mol. The van der Waals surface area contributed by atoms with Crippen molar-refractivity contribution in [2.75, 3.05) is 5.32 Å². The summed E-state index contributed by atoms with van der Waals surface area (Å²) in [7, 11) is 0. The van der Waals surface area contributed by atoms with E-state index in [0.29, 0.717) is 0 Å². The summed E-state index contributed by atoms with van der Waals surface area (Å²) in [6.07, 6.45) is 0. The van der Waals surface area contributed by atoms with Gasteiger partial charge in [-0.15, -0.1) is 11.3 Å². The van der Waals surface area contributed by atoms with Crippen LogP contribution in [0.25, 0.3) is 30.9 Å². The van der Waals surface area contributed by atoms with Gasteiger partial charge >= 0.3 is 0 Å². The third-order valence-electron chi connectivity index (χ3n) is 4.71. The SMILES string of the molecule is Cc1ccc(Nc2cc3c4ccccc4sc3c3ccccc23)cc1. The van der Waals surface area contributed by atoms with Gasteiger partial charge in [0.15, 0.2) is 0 Å². The number of fused-ring (bicyclic) bond motifs is 5. The van der Waals surface area contributed by atoms with Gasteiger partial charge in [-0.25, -0.2) is 0 Å². The summed E-state index contributed by atoms with van der Waals surface area (Å²) in [6, 6.07) is 28.2. The first kappa shape index (κ1) is 14.5. The molecule has 4 aromatic carbocycles. The molecule has 0 saturated carbocycles. The number of aryl methyl sites for hydroxylation is 1. The van der Waals surface area contributed by atoms with Gasteiger partial charge in [0, 0.05) is 42.3 Å². The number of nitrogens with one attached hydrogen (secondary N) is 1. The van der Waals surface area contributed by atoms with E-state index in [0.717, 1.165) is 11.4 Å². The minimum atomic E-state index is 1.12. The largest absolute Gasteiger partial charge is 0.355 e. The van der Waals surface area contributed by atoms with E-state index >= 15 is 0 Å². The molecule has 25 heavy (non-hydrogen) atoms. The van der Waals surface area contributed by atoms with Crippen LogP contribution in [0.3, 0.4) is 0 Å². The average Bonchev–Trinajstić information content (AvgIpc) is 3.03. The van der Waals surface area contributed by atoms with Gasteiger partial charge in [-0.05, 0) is 31.2 Å². The smallest absolute Gasteiger partial charge is 0.0471 e. The maximum absolute atomic E-state index is 3.63. The Balaban J connectivity index is 1.81. The van der Waals surface area contributed by atoms with Crippen molar-refractivity contribution in [1.29, 1.82) is 0 Å². The Morgan fingerprint density at radius 1 is 0.680 bits per heavy atom. The molecule has 0 aliphatic heterocycles. The van der Waals surface area contributed by atoms with Crippen LogP contribution in [-0.4, -0.2) is 0 Å². The molecule has 0 amide bonds. The second-order valence-corrected chi connectivity index (χ2v) is 7.49. The molecule has 2 heteroatoms. The average molecular weight is 339 g/mol. The molecule has 0 aliphatic carbocycles. The first-order valence-corrected chi connectivity index (χ1v) is 9.28. The Kier molecular flexibility index (Phi) is 3.25. The quantitative estimate of drug-likeness (QED) is 0.357. The van der Waals surface area contributed by atoms with Gasteiger partial charge in [0.2, 0.25) is 0 Å². The summed E-state index contributed by atoms with van der Waals surface area (Å²) in [5.41, 5.74) is 3.56. The number of rotatable bonds is 2. The van der Waals surface area contributed by atoms with Crippen molar-refractivity contribution < 1.29 is 0 Å². The van der Waals surface area contributed by atoms with E-state index in [-0.39, 0.29) is 0 Å². The highest BCUT2D eigenvalue weighted by Gasteiger charge is 2.11. The van der Waals surface area contributed by atoms with Gasteiger partial charge in [-0.1, -0.05) is 60.2 Å². The molecule has 0 atom stereocenters. The van der Waals surface area contributed by atoms with Crippen molar-refractivity contribution in [1.82, 2.24) is 0 Å². The van der Waals surface area contributed by atoms with Crippen LogP contribution >= 0.6 is 11.3 Å². The second-order valence-electron chi connectivity index (χ2n) is 6.44. The molecule has 0 aliphatic rings. The Labute approximate surface area is 150 Å². The molecule has 120 valence electrons. The molecule has 1 N–H and O–H groups in total. The van der Waals surface area contributed by atoms with Gasteiger partial charge in [-0.2, -0.15) is 0 Å².